The van der Waals surface area contributed by atoms with Gasteiger partial charge in [0, 0.05) is 12.1 Å². The first-order chi connectivity index (χ1) is 9.15. The minimum atomic E-state index is -0.363. The standard InChI is InChI=1S/C14H18FN3O/c1-3-19-14-5-4-11(9-12(14)15)13-8-10(2)17-18(13)7-6-16/h4-5,8-9H,3,6-7,16H2,1-2H3. The molecular weight excluding hydrogens is 245 g/mol. The van der Waals surface area contributed by atoms with Crippen molar-refractivity contribution in [1.82, 2.24) is 9.78 Å². The number of aryl methyl sites for hydroxylation is 1. The van der Waals surface area contributed by atoms with Gasteiger partial charge in [0.25, 0.3) is 0 Å². The number of ether oxygens (including phenoxy) is 1. The van der Waals surface area contributed by atoms with E-state index in [-0.39, 0.29) is 11.6 Å². The van der Waals surface area contributed by atoms with Crippen LogP contribution in [0.3, 0.4) is 0 Å². The van der Waals surface area contributed by atoms with Crippen molar-refractivity contribution in [2.45, 2.75) is 20.4 Å². The van der Waals surface area contributed by atoms with Gasteiger partial charge in [-0.2, -0.15) is 5.10 Å². The largest absolute Gasteiger partial charge is 0.491 e. The molecule has 0 spiro atoms. The Hall–Kier alpha value is -1.88. The van der Waals surface area contributed by atoms with Crippen molar-refractivity contribution >= 4 is 0 Å². The predicted molar refractivity (Wildman–Crippen MR) is 72.6 cm³/mol. The van der Waals surface area contributed by atoms with E-state index in [2.05, 4.69) is 5.10 Å². The fourth-order valence-electron chi connectivity index (χ4n) is 2.00. The van der Waals surface area contributed by atoms with Gasteiger partial charge in [-0.3, -0.25) is 4.68 Å². The van der Waals surface area contributed by atoms with Crippen LogP contribution in [-0.4, -0.2) is 22.9 Å². The Morgan fingerprint density at radius 2 is 2.16 bits per heavy atom. The normalized spacial score (nSPS) is 10.7. The van der Waals surface area contributed by atoms with Crippen LogP contribution in [0.4, 0.5) is 4.39 Å². The summed E-state index contributed by atoms with van der Waals surface area (Å²) in [4.78, 5) is 0. The number of rotatable bonds is 5. The van der Waals surface area contributed by atoms with Crippen molar-refractivity contribution < 1.29 is 9.13 Å². The van der Waals surface area contributed by atoms with Crippen molar-refractivity contribution in [2.24, 2.45) is 5.73 Å². The van der Waals surface area contributed by atoms with Gasteiger partial charge in [-0.25, -0.2) is 4.39 Å². The zero-order valence-corrected chi connectivity index (χ0v) is 11.2. The molecule has 0 aliphatic heterocycles. The van der Waals surface area contributed by atoms with Crippen LogP contribution in [0.5, 0.6) is 5.75 Å². The average molecular weight is 263 g/mol. The Balaban J connectivity index is 2.38. The minimum absolute atomic E-state index is 0.271. The Bertz CT molecular complexity index is 566. The van der Waals surface area contributed by atoms with E-state index in [1.165, 1.54) is 6.07 Å². The van der Waals surface area contributed by atoms with Crippen LogP contribution < -0.4 is 10.5 Å². The van der Waals surface area contributed by atoms with Gasteiger partial charge in [0.2, 0.25) is 0 Å². The minimum Gasteiger partial charge on any atom is -0.491 e. The summed E-state index contributed by atoms with van der Waals surface area (Å²) in [5.41, 5.74) is 8.08. The quantitative estimate of drug-likeness (QED) is 0.901. The highest BCUT2D eigenvalue weighted by Crippen LogP contribution is 2.26. The molecule has 1 heterocycles. The number of nitrogens with two attached hydrogens (primary N) is 1. The maximum absolute atomic E-state index is 13.9. The zero-order valence-electron chi connectivity index (χ0n) is 11.2. The van der Waals surface area contributed by atoms with Crippen LogP contribution >= 0.6 is 0 Å². The second-order valence-electron chi connectivity index (χ2n) is 4.26. The third-order valence-electron chi connectivity index (χ3n) is 2.77. The molecule has 0 saturated heterocycles. The lowest BCUT2D eigenvalue weighted by molar-refractivity contribution is 0.321. The maximum Gasteiger partial charge on any atom is 0.165 e. The van der Waals surface area contributed by atoms with E-state index in [4.69, 9.17) is 10.5 Å². The highest BCUT2D eigenvalue weighted by Gasteiger charge is 2.11. The summed E-state index contributed by atoms with van der Waals surface area (Å²) in [6.45, 7) is 5.28. The van der Waals surface area contributed by atoms with Crippen LogP contribution in [0.25, 0.3) is 11.3 Å². The van der Waals surface area contributed by atoms with E-state index in [9.17, 15) is 4.39 Å². The van der Waals surface area contributed by atoms with Crippen molar-refractivity contribution in [3.05, 3.63) is 35.8 Å². The van der Waals surface area contributed by atoms with Gasteiger partial charge < -0.3 is 10.5 Å². The molecule has 0 radical (unpaired) electrons. The average Bonchev–Trinajstić information content (AvgIpc) is 2.74. The summed E-state index contributed by atoms with van der Waals surface area (Å²) < 4.78 is 20.9. The number of hydrogen-bond acceptors (Lipinski definition) is 3. The van der Waals surface area contributed by atoms with Crippen LogP contribution in [0, 0.1) is 12.7 Å². The Labute approximate surface area is 112 Å². The molecule has 0 amide bonds. The number of hydrogen-bond donors (Lipinski definition) is 1. The first kappa shape index (κ1) is 13.5. The fraction of sp³-hybridized carbons (Fsp3) is 0.357. The number of benzene rings is 1. The van der Waals surface area contributed by atoms with Crippen LogP contribution in [0.15, 0.2) is 24.3 Å². The molecule has 0 bridgehead atoms. The van der Waals surface area contributed by atoms with Gasteiger partial charge in [0.15, 0.2) is 11.6 Å². The molecule has 102 valence electrons. The smallest absolute Gasteiger partial charge is 0.165 e. The molecule has 1 aromatic heterocycles. The molecule has 0 aliphatic rings. The molecule has 2 rings (SSSR count). The van der Waals surface area contributed by atoms with Crippen LogP contribution in [-0.2, 0) is 6.54 Å². The van der Waals surface area contributed by atoms with Crippen molar-refractivity contribution in [2.75, 3.05) is 13.2 Å². The third kappa shape index (κ3) is 2.93. The summed E-state index contributed by atoms with van der Waals surface area (Å²) >= 11 is 0. The van der Waals surface area contributed by atoms with E-state index in [0.29, 0.717) is 19.7 Å². The maximum atomic E-state index is 13.9. The van der Waals surface area contributed by atoms with Gasteiger partial charge in [-0.1, -0.05) is 0 Å². The Morgan fingerprint density at radius 3 is 2.79 bits per heavy atom. The summed E-state index contributed by atoms with van der Waals surface area (Å²) in [7, 11) is 0. The van der Waals surface area contributed by atoms with Gasteiger partial charge >= 0.3 is 0 Å². The van der Waals surface area contributed by atoms with E-state index >= 15 is 0 Å². The second kappa shape index (κ2) is 5.84. The summed E-state index contributed by atoms with van der Waals surface area (Å²) in [5.74, 6) is -0.0923. The number of nitrogens with zero attached hydrogens (tertiary/aromatic N) is 2. The first-order valence-electron chi connectivity index (χ1n) is 6.33. The van der Waals surface area contributed by atoms with Crippen molar-refractivity contribution in [3.8, 4) is 17.0 Å². The summed E-state index contributed by atoms with van der Waals surface area (Å²) in [6.07, 6.45) is 0. The van der Waals surface area contributed by atoms with Crippen LogP contribution in [0.1, 0.15) is 12.6 Å². The first-order valence-corrected chi connectivity index (χ1v) is 6.33. The predicted octanol–water partition coefficient (Wildman–Crippen LogP) is 2.36. The van der Waals surface area contributed by atoms with E-state index in [1.54, 1.807) is 10.7 Å². The molecule has 2 aromatic rings. The molecule has 2 N–H and O–H groups in total. The van der Waals surface area contributed by atoms with Crippen LogP contribution in [0.2, 0.25) is 0 Å². The molecular formula is C14H18FN3O. The van der Waals surface area contributed by atoms with Crippen molar-refractivity contribution in [1.29, 1.82) is 0 Å². The monoisotopic (exact) mass is 263 g/mol. The molecule has 4 nitrogen and oxygen atoms in total. The second-order valence-corrected chi connectivity index (χ2v) is 4.26. The van der Waals surface area contributed by atoms with E-state index in [1.807, 2.05) is 26.0 Å². The SMILES string of the molecule is CCOc1ccc(-c2cc(C)nn2CCN)cc1F. The molecule has 0 unspecified atom stereocenters. The highest BCUT2D eigenvalue weighted by molar-refractivity contribution is 5.61. The Kier molecular flexibility index (Phi) is 4.16. The van der Waals surface area contributed by atoms with Gasteiger partial charge in [0.05, 0.1) is 24.5 Å². The lowest BCUT2D eigenvalue weighted by Crippen LogP contribution is -2.12. The fourth-order valence-corrected chi connectivity index (χ4v) is 2.00. The van der Waals surface area contributed by atoms with Crippen molar-refractivity contribution in [3.63, 3.8) is 0 Å². The van der Waals surface area contributed by atoms with Gasteiger partial charge in [0.1, 0.15) is 0 Å². The lowest BCUT2D eigenvalue weighted by atomic mass is 10.1. The Morgan fingerprint density at radius 1 is 1.37 bits per heavy atom. The molecule has 0 saturated carbocycles. The topological polar surface area (TPSA) is 53.1 Å². The highest BCUT2D eigenvalue weighted by atomic mass is 19.1. The van der Waals surface area contributed by atoms with Gasteiger partial charge in [-0.05, 0) is 38.1 Å². The molecule has 1 aromatic carbocycles. The molecule has 5 heteroatoms. The number of aromatic nitrogens is 2. The number of halogens is 1. The summed E-state index contributed by atoms with van der Waals surface area (Å²) in [5, 5.41) is 4.35. The third-order valence-corrected chi connectivity index (χ3v) is 2.77. The van der Waals surface area contributed by atoms with E-state index in [0.717, 1.165) is 17.0 Å². The molecule has 0 aliphatic carbocycles. The lowest BCUT2D eigenvalue weighted by Gasteiger charge is -2.08. The van der Waals surface area contributed by atoms with E-state index < -0.39 is 0 Å². The molecule has 0 atom stereocenters. The zero-order chi connectivity index (χ0) is 13.8. The van der Waals surface area contributed by atoms with Gasteiger partial charge in [-0.15, -0.1) is 0 Å². The molecule has 0 fully saturated rings. The summed E-state index contributed by atoms with van der Waals surface area (Å²) in [6, 6.07) is 6.86. The molecule has 19 heavy (non-hydrogen) atoms.